The summed E-state index contributed by atoms with van der Waals surface area (Å²) < 4.78 is 39.3. The molecule has 5 nitrogen and oxygen atoms in total. The minimum atomic E-state index is -4.37. The van der Waals surface area contributed by atoms with Gasteiger partial charge in [-0.05, 0) is 26.7 Å². The van der Waals surface area contributed by atoms with E-state index in [1.807, 2.05) is 0 Å². The number of amidine groups is 1. The number of hydrogen-bond acceptors (Lipinski definition) is 3. The fourth-order valence-electron chi connectivity index (χ4n) is 2.75. The highest BCUT2D eigenvalue weighted by atomic mass is 19.4. The summed E-state index contributed by atoms with van der Waals surface area (Å²) in [6.45, 7) is 3.20. The van der Waals surface area contributed by atoms with E-state index in [4.69, 9.17) is 10.9 Å². The van der Waals surface area contributed by atoms with E-state index in [1.165, 1.54) is 4.90 Å². The average Bonchev–Trinajstić information content (AvgIpc) is 2.42. The predicted octanol–water partition coefficient (Wildman–Crippen LogP) is 2.34. The highest BCUT2D eigenvalue weighted by molar-refractivity contribution is 5.88. The van der Waals surface area contributed by atoms with Gasteiger partial charge in [-0.25, -0.2) is 0 Å². The van der Waals surface area contributed by atoms with Crippen molar-refractivity contribution in [2.45, 2.75) is 51.7 Å². The van der Waals surface area contributed by atoms with E-state index in [2.05, 4.69) is 5.16 Å². The third-order valence-corrected chi connectivity index (χ3v) is 3.87. The van der Waals surface area contributed by atoms with E-state index in [0.717, 1.165) is 0 Å². The van der Waals surface area contributed by atoms with Gasteiger partial charge in [-0.15, -0.1) is 0 Å². The number of carbonyl (C=O) groups is 1. The normalized spacial score (nSPS) is 24.2. The molecule has 2 unspecified atom stereocenters. The van der Waals surface area contributed by atoms with Gasteiger partial charge in [0.1, 0.15) is 0 Å². The Labute approximate surface area is 122 Å². The van der Waals surface area contributed by atoms with Crippen LogP contribution in [0.25, 0.3) is 0 Å². The monoisotopic (exact) mass is 309 g/mol. The van der Waals surface area contributed by atoms with Gasteiger partial charge in [0.2, 0.25) is 5.91 Å². The number of halogens is 3. The van der Waals surface area contributed by atoms with Gasteiger partial charge in [-0.2, -0.15) is 13.2 Å². The number of nitrogens with zero attached hydrogens (tertiary/aromatic N) is 2. The Balaban J connectivity index is 2.95. The summed E-state index contributed by atoms with van der Waals surface area (Å²) >= 11 is 0. The van der Waals surface area contributed by atoms with Gasteiger partial charge >= 0.3 is 6.18 Å². The molecule has 2 atom stereocenters. The highest BCUT2D eigenvalue weighted by Crippen LogP contribution is 2.42. The van der Waals surface area contributed by atoms with E-state index < -0.39 is 23.9 Å². The molecule has 0 bridgehead atoms. The van der Waals surface area contributed by atoms with Crippen LogP contribution in [-0.2, 0) is 4.79 Å². The second-order valence-electron chi connectivity index (χ2n) is 5.69. The Morgan fingerprint density at radius 3 is 2.43 bits per heavy atom. The molecule has 0 spiro atoms. The van der Waals surface area contributed by atoms with Crippen LogP contribution in [-0.4, -0.2) is 40.6 Å². The van der Waals surface area contributed by atoms with Gasteiger partial charge in [0, 0.05) is 12.0 Å². The van der Waals surface area contributed by atoms with Crippen LogP contribution >= 0.6 is 0 Å². The lowest BCUT2D eigenvalue weighted by Gasteiger charge is -2.37. The quantitative estimate of drug-likeness (QED) is 0.362. The van der Waals surface area contributed by atoms with E-state index in [1.54, 1.807) is 13.8 Å². The van der Waals surface area contributed by atoms with Crippen LogP contribution in [0, 0.1) is 11.8 Å². The third-order valence-electron chi connectivity index (χ3n) is 3.87. The maximum Gasteiger partial charge on any atom is 0.392 e. The van der Waals surface area contributed by atoms with E-state index in [-0.39, 0.29) is 31.3 Å². The first-order valence-corrected chi connectivity index (χ1v) is 7.02. The fraction of sp³-hybridized carbons (Fsp3) is 0.846. The van der Waals surface area contributed by atoms with Gasteiger partial charge in [0.25, 0.3) is 0 Å². The zero-order chi connectivity index (χ0) is 16.2. The van der Waals surface area contributed by atoms with Crippen molar-refractivity contribution in [3.8, 4) is 0 Å². The molecule has 0 saturated heterocycles. The van der Waals surface area contributed by atoms with Crippen molar-refractivity contribution in [3.63, 3.8) is 0 Å². The molecule has 21 heavy (non-hydrogen) atoms. The molecular formula is C13H22F3N3O2. The van der Waals surface area contributed by atoms with E-state index in [0.29, 0.717) is 12.8 Å². The summed E-state index contributed by atoms with van der Waals surface area (Å²) in [6, 6.07) is -0.325. The molecule has 8 heteroatoms. The third kappa shape index (κ3) is 4.50. The largest absolute Gasteiger partial charge is 0.409 e. The summed E-state index contributed by atoms with van der Waals surface area (Å²) in [6.07, 6.45) is -3.08. The molecule has 0 heterocycles. The van der Waals surface area contributed by atoms with Crippen molar-refractivity contribution in [1.82, 2.24) is 4.90 Å². The van der Waals surface area contributed by atoms with Gasteiger partial charge in [-0.1, -0.05) is 18.0 Å². The van der Waals surface area contributed by atoms with Crippen molar-refractivity contribution < 1.29 is 23.2 Å². The first kappa shape index (κ1) is 17.6. The molecule has 1 saturated carbocycles. The van der Waals surface area contributed by atoms with Gasteiger partial charge in [0.05, 0.1) is 12.5 Å². The van der Waals surface area contributed by atoms with E-state index >= 15 is 0 Å². The van der Waals surface area contributed by atoms with Crippen LogP contribution in [0.2, 0.25) is 0 Å². The summed E-state index contributed by atoms with van der Waals surface area (Å²) in [5, 5.41) is 11.4. The molecule has 0 aromatic rings. The number of carbonyl (C=O) groups excluding carboxylic acids is 1. The molecule has 122 valence electrons. The second kappa shape index (κ2) is 7.00. The molecule has 1 fully saturated rings. The molecule has 0 aliphatic heterocycles. The van der Waals surface area contributed by atoms with Crippen LogP contribution in [0.5, 0.6) is 0 Å². The van der Waals surface area contributed by atoms with Gasteiger partial charge in [0.15, 0.2) is 5.84 Å². The summed E-state index contributed by atoms with van der Waals surface area (Å²) in [7, 11) is 0. The molecule has 0 aromatic carbocycles. The van der Waals surface area contributed by atoms with Crippen molar-refractivity contribution in [3.05, 3.63) is 0 Å². The SMILES string of the molecule is CC(C)N(CC(N)=NO)C(=O)C1CCCCC1C(F)(F)F. The summed E-state index contributed by atoms with van der Waals surface area (Å²) in [5.41, 5.74) is 5.38. The zero-order valence-corrected chi connectivity index (χ0v) is 12.2. The van der Waals surface area contributed by atoms with Crippen molar-refractivity contribution in [1.29, 1.82) is 0 Å². The average molecular weight is 309 g/mol. The zero-order valence-electron chi connectivity index (χ0n) is 12.2. The van der Waals surface area contributed by atoms with Crippen LogP contribution in [0.3, 0.4) is 0 Å². The number of alkyl halides is 3. The standard InChI is InChI=1S/C13H22F3N3O2/c1-8(2)19(7-11(17)18-21)12(20)9-5-3-4-6-10(9)13(14,15)16/h8-10,21H,3-7H2,1-2H3,(H2,17,18). The summed E-state index contributed by atoms with van der Waals surface area (Å²) in [5.74, 6) is -3.45. The van der Waals surface area contributed by atoms with Crippen LogP contribution in [0.15, 0.2) is 5.16 Å². The molecule has 0 radical (unpaired) electrons. The Bertz CT molecular complexity index is 397. The predicted molar refractivity (Wildman–Crippen MR) is 71.8 cm³/mol. The maximum absolute atomic E-state index is 13.1. The van der Waals surface area contributed by atoms with E-state index in [9.17, 15) is 18.0 Å². The van der Waals surface area contributed by atoms with Crippen LogP contribution < -0.4 is 5.73 Å². The smallest absolute Gasteiger partial charge is 0.392 e. The lowest BCUT2D eigenvalue weighted by molar-refractivity contribution is -0.201. The minimum Gasteiger partial charge on any atom is -0.409 e. The number of nitrogens with two attached hydrogens (primary N) is 1. The Morgan fingerprint density at radius 2 is 1.95 bits per heavy atom. The first-order chi connectivity index (χ1) is 9.68. The Morgan fingerprint density at radius 1 is 1.38 bits per heavy atom. The fourth-order valence-corrected chi connectivity index (χ4v) is 2.75. The second-order valence-corrected chi connectivity index (χ2v) is 5.69. The van der Waals surface area contributed by atoms with Crippen LogP contribution in [0.1, 0.15) is 39.5 Å². The molecule has 1 amide bonds. The van der Waals surface area contributed by atoms with Gasteiger partial charge in [-0.3, -0.25) is 4.79 Å². The number of amides is 1. The summed E-state index contributed by atoms with van der Waals surface area (Å²) in [4.78, 5) is 13.7. The highest BCUT2D eigenvalue weighted by Gasteiger charge is 2.49. The number of hydrogen-bond donors (Lipinski definition) is 2. The maximum atomic E-state index is 13.1. The number of rotatable bonds is 4. The Hall–Kier alpha value is -1.47. The topological polar surface area (TPSA) is 78.9 Å². The van der Waals surface area contributed by atoms with Crippen LogP contribution in [0.4, 0.5) is 13.2 Å². The lowest BCUT2D eigenvalue weighted by atomic mass is 9.78. The van der Waals surface area contributed by atoms with Crippen molar-refractivity contribution >= 4 is 11.7 Å². The minimum absolute atomic E-state index is 0.0184. The molecule has 3 N–H and O–H groups in total. The Kier molecular flexibility index (Phi) is 5.86. The number of oxime groups is 1. The molecule has 0 aromatic heterocycles. The first-order valence-electron chi connectivity index (χ1n) is 7.02. The van der Waals surface area contributed by atoms with Crippen molar-refractivity contribution in [2.24, 2.45) is 22.7 Å². The van der Waals surface area contributed by atoms with Crippen molar-refractivity contribution in [2.75, 3.05) is 6.54 Å². The van der Waals surface area contributed by atoms with Gasteiger partial charge < -0.3 is 15.8 Å². The molecule has 1 aliphatic carbocycles. The lowest BCUT2D eigenvalue weighted by Crippen LogP contribution is -2.49. The molecule has 1 aliphatic rings. The molecule has 1 rings (SSSR count). The molecular weight excluding hydrogens is 287 g/mol.